The molecule has 0 amide bonds. The molecule has 0 saturated carbocycles. The van der Waals surface area contributed by atoms with Crippen LogP contribution in [0.25, 0.3) is 6.08 Å². The van der Waals surface area contributed by atoms with Gasteiger partial charge in [-0.25, -0.2) is 4.79 Å². The normalized spacial score (nSPS) is 12.0. The second kappa shape index (κ2) is 8.79. The van der Waals surface area contributed by atoms with Gasteiger partial charge in [0.2, 0.25) is 0 Å². The van der Waals surface area contributed by atoms with Gasteiger partial charge in [-0.3, -0.25) is 0 Å². The fourth-order valence-electron chi connectivity index (χ4n) is 2.98. The number of hydrogen-bond acceptors (Lipinski definition) is 3. The van der Waals surface area contributed by atoms with E-state index in [2.05, 4.69) is 4.57 Å². The second-order valence-electron chi connectivity index (χ2n) is 6.38. The lowest BCUT2D eigenvalue weighted by molar-refractivity contribution is -0.144. The van der Waals surface area contributed by atoms with E-state index in [-0.39, 0.29) is 11.1 Å². The van der Waals surface area contributed by atoms with Gasteiger partial charge in [0, 0.05) is 23.5 Å². The number of nitriles is 1. The average Bonchev–Trinajstić information content (AvgIpc) is 2.91. The first kappa shape index (κ1) is 21.3. The summed E-state index contributed by atoms with van der Waals surface area (Å²) >= 11 is 0. The highest BCUT2D eigenvalue weighted by molar-refractivity contribution is 5.98. The molecule has 1 aromatic heterocycles. The van der Waals surface area contributed by atoms with Crippen molar-refractivity contribution >= 4 is 12.0 Å². The summed E-state index contributed by atoms with van der Waals surface area (Å²) in [5, 5.41) is 9.30. The third kappa shape index (κ3) is 4.83. The van der Waals surface area contributed by atoms with Crippen LogP contribution in [0, 0.1) is 25.2 Å². The molecule has 0 N–H and O–H groups in total. The largest absolute Gasteiger partial charge is 0.457 e. The van der Waals surface area contributed by atoms with Crippen molar-refractivity contribution in [2.45, 2.75) is 46.5 Å². The predicted octanol–water partition coefficient (Wildman–Crippen LogP) is 5.18. The Kier molecular flexibility index (Phi) is 6.68. The molecule has 0 spiro atoms. The molecule has 0 aliphatic heterocycles. The summed E-state index contributed by atoms with van der Waals surface area (Å²) in [6, 6.07) is 8.49. The Morgan fingerprint density at radius 1 is 1.29 bits per heavy atom. The molecule has 2 aromatic rings. The number of ether oxygens (including phenoxy) is 1. The third-order valence-electron chi connectivity index (χ3n) is 4.38. The number of rotatable bonds is 6. The van der Waals surface area contributed by atoms with Crippen LogP contribution < -0.4 is 0 Å². The van der Waals surface area contributed by atoms with Crippen LogP contribution in [-0.2, 0) is 28.9 Å². The molecule has 148 valence electrons. The van der Waals surface area contributed by atoms with Crippen molar-refractivity contribution in [1.29, 1.82) is 5.26 Å². The number of carbonyl (C=O) groups is 1. The lowest BCUT2D eigenvalue weighted by Gasteiger charge is -2.12. The zero-order valence-corrected chi connectivity index (χ0v) is 15.9. The monoisotopic (exact) mass is 390 g/mol. The zero-order chi connectivity index (χ0) is 20.9. The standard InChI is InChI=1S/C21H21F3N2O2/c1-4-9-26-14(2)10-17(15(26)3)11-18(12-25)20(27)28-13-16-7-5-6-8-19(16)21(22,23)24/h5-8,10-11H,4,9,13H2,1-3H3/b18-11+. The number of alkyl halides is 3. The molecule has 1 heterocycles. The highest BCUT2D eigenvalue weighted by atomic mass is 19.4. The summed E-state index contributed by atoms with van der Waals surface area (Å²) in [6.07, 6.45) is -2.20. The van der Waals surface area contributed by atoms with Gasteiger partial charge in [0.25, 0.3) is 0 Å². The van der Waals surface area contributed by atoms with Crippen LogP contribution in [-0.4, -0.2) is 10.5 Å². The van der Waals surface area contributed by atoms with E-state index in [1.165, 1.54) is 24.3 Å². The first-order valence-corrected chi connectivity index (χ1v) is 8.79. The number of aryl methyl sites for hydroxylation is 1. The minimum Gasteiger partial charge on any atom is -0.457 e. The lowest BCUT2D eigenvalue weighted by Crippen LogP contribution is -2.12. The highest BCUT2D eigenvalue weighted by Crippen LogP contribution is 2.32. The maximum atomic E-state index is 13.0. The number of hydrogen-bond donors (Lipinski definition) is 0. The average molecular weight is 390 g/mol. The number of nitrogens with zero attached hydrogens (tertiary/aromatic N) is 2. The Balaban J connectivity index is 2.21. The summed E-state index contributed by atoms with van der Waals surface area (Å²) in [5.74, 6) is -0.959. The van der Waals surface area contributed by atoms with Crippen LogP contribution >= 0.6 is 0 Å². The second-order valence-corrected chi connectivity index (χ2v) is 6.38. The minimum absolute atomic E-state index is 0.165. The number of carbonyl (C=O) groups excluding carboxylic acids is 1. The summed E-state index contributed by atoms with van der Waals surface area (Å²) in [5.41, 5.74) is 1.31. The molecule has 0 aliphatic rings. The molecule has 28 heavy (non-hydrogen) atoms. The molecule has 0 radical (unpaired) electrons. The lowest BCUT2D eigenvalue weighted by atomic mass is 10.1. The van der Waals surface area contributed by atoms with Crippen molar-refractivity contribution in [2.24, 2.45) is 0 Å². The van der Waals surface area contributed by atoms with Gasteiger partial charge in [0.15, 0.2) is 0 Å². The zero-order valence-electron chi connectivity index (χ0n) is 15.9. The number of esters is 1. The van der Waals surface area contributed by atoms with Crippen LogP contribution in [0.15, 0.2) is 35.9 Å². The molecule has 0 unspecified atom stereocenters. The Morgan fingerprint density at radius 3 is 2.57 bits per heavy atom. The smallest absolute Gasteiger partial charge is 0.416 e. The van der Waals surface area contributed by atoms with Crippen molar-refractivity contribution in [1.82, 2.24) is 4.57 Å². The van der Waals surface area contributed by atoms with Crippen LogP contribution in [0.3, 0.4) is 0 Å². The number of aromatic nitrogens is 1. The molecule has 7 heteroatoms. The van der Waals surface area contributed by atoms with E-state index in [4.69, 9.17) is 4.74 Å². The first-order chi connectivity index (χ1) is 13.2. The van der Waals surface area contributed by atoms with Gasteiger partial charge in [0.05, 0.1) is 5.56 Å². The van der Waals surface area contributed by atoms with E-state index in [0.29, 0.717) is 5.56 Å². The quantitative estimate of drug-likeness (QED) is 0.388. The van der Waals surface area contributed by atoms with Crippen molar-refractivity contribution < 1.29 is 22.7 Å². The molecule has 0 bridgehead atoms. The van der Waals surface area contributed by atoms with Crippen LogP contribution in [0.4, 0.5) is 13.2 Å². The minimum atomic E-state index is -4.55. The maximum absolute atomic E-state index is 13.0. The van der Waals surface area contributed by atoms with E-state index in [1.54, 1.807) is 6.07 Å². The van der Waals surface area contributed by atoms with E-state index in [1.807, 2.05) is 26.8 Å². The van der Waals surface area contributed by atoms with E-state index < -0.39 is 24.3 Å². The third-order valence-corrected chi connectivity index (χ3v) is 4.38. The summed E-state index contributed by atoms with van der Waals surface area (Å²) < 4.78 is 46.1. The highest BCUT2D eigenvalue weighted by Gasteiger charge is 2.33. The summed E-state index contributed by atoms with van der Waals surface area (Å²) in [6.45, 7) is 6.10. The fraction of sp³-hybridized carbons (Fsp3) is 0.333. The van der Waals surface area contributed by atoms with Crippen LogP contribution in [0.5, 0.6) is 0 Å². The van der Waals surface area contributed by atoms with Crippen molar-refractivity contribution in [3.05, 3.63) is 64.0 Å². The molecule has 2 rings (SSSR count). The molecule has 1 aromatic carbocycles. The Hall–Kier alpha value is -3.01. The molecule has 4 nitrogen and oxygen atoms in total. The topological polar surface area (TPSA) is 55.0 Å². The SMILES string of the molecule is CCCn1c(C)cc(/C=C(\C#N)C(=O)OCc2ccccc2C(F)(F)F)c1C. The van der Waals surface area contributed by atoms with Gasteiger partial charge in [-0.15, -0.1) is 0 Å². The van der Waals surface area contributed by atoms with Gasteiger partial charge in [-0.2, -0.15) is 18.4 Å². The molecule has 0 saturated heterocycles. The first-order valence-electron chi connectivity index (χ1n) is 8.79. The number of halogens is 3. The van der Waals surface area contributed by atoms with Gasteiger partial charge < -0.3 is 9.30 Å². The Bertz CT molecular complexity index is 934. The fourth-order valence-corrected chi connectivity index (χ4v) is 2.98. The molecule has 0 aliphatic carbocycles. The van der Waals surface area contributed by atoms with E-state index >= 15 is 0 Å². The van der Waals surface area contributed by atoms with Crippen LogP contribution in [0.1, 0.15) is 41.4 Å². The number of benzene rings is 1. The van der Waals surface area contributed by atoms with E-state index in [9.17, 15) is 23.2 Å². The molecular weight excluding hydrogens is 369 g/mol. The van der Waals surface area contributed by atoms with Crippen molar-refractivity contribution in [2.75, 3.05) is 0 Å². The predicted molar refractivity (Wildman–Crippen MR) is 99.0 cm³/mol. The molecule has 0 fully saturated rings. The maximum Gasteiger partial charge on any atom is 0.416 e. The van der Waals surface area contributed by atoms with Gasteiger partial charge in [0.1, 0.15) is 18.2 Å². The molecule has 0 atom stereocenters. The van der Waals surface area contributed by atoms with Crippen molar-refractivity contribution in [3.8, 4) is 6.07 Å². The van der Waals surface area contributed by atoms with Crippen molar-refractivity contribution in [3.63, 3.8) is 0 Å². The molecular formula is C21H21F3N2O2. The summed E-state index contributed by atoms with van der Waals surface area (Å²) in [4.78, 5) is 12.2. The van der Waals surface area contributed by atoms with E-state index in [0.717, 1.165) is 30.4 Å². The Labute approximate surface area is 161 Å². The van der Waals surface area contributed by atoms with Gasteiger partial charge in [-0.1, -0.05) is 25.1 Å². The summed E-state index contributed by atoms with van der Waals surface area (Å²) in [7, 11) is 0. The van der Waals surface area contributed by atoms with Crippen LogP contribution in [0.2, 0.25) is 0 Å². The van der Waals surface area contributed by atoms with Gasteiger partial charge >= 0.3 is 12.1 Å². The van der Waals surface area contributed by atoms with Gasteiger partial charge in [-0.05, 0) is 44.0 Å². The Morgan fingerprint density at radius 2 is 1.96 bits per heavy atom.